The highest BCUT2D eigenvalue weighted by Gasteiger charge is 2.18. The smallest absolute Gasteiger partial charge is 0.316 e. The number of rotatable bonds is 2. The zero-order valence-electron chi connectivity index (χ0n) is 10.7. The first kappa shape index (κ1) is 12.9. The van der Waals surface area contributed by atoms with E-state index in [0.29, 0.717) is 17.2 Å². The summed E-state index contributed by atoms with van der Waals surface area (Å²) in [6, 6.07) is 6.43. The van der Waals surface area contributed by atoms with Crippen molar-refractivity contribution >= 4 is 23.5 Å². The molecule has 0 radical (unpaired) electrons. The lowest BCUT2D eigenvalue weighted by Gasteiger charge is -2.06. The number of hydrogen-bond donors (Lipinski definition) is 2. The summed E-state index contributed by atoms with van der Waals surface area (Å²) in [5, 5.41) is 4.73. The van der Waals surface area contributed by atoms with E-state index in [9.17, 15) is 9.59 Å². The molecule has 3 rings (SSSR count). The Morgan fingerprint density at radius 3 is 2.52 bits per heavy atom. The lowest BCUT2D eigenvalue weighted by Crippen LogP contribution is -2.29. The monoisotopic (exact) mass is 286 g/mol. The van der Waals surface area contributed by atoms with Crippen LogP contribution < -0.4 is 20.1 Å². The summed E-state index contributed by atoms with van der Waals surface area (Å²) in [7, 11) is 0. The van der Waals surface area contributed by atoms with Gasteiger partial charge in [0.1, 0.15) is 0 Å². The van der Waals surface area contributed by atoms with Crippen LogP contribution in [-0.2, 0) is 9.59 Å². The number of fused-ring (bicyclic) bond motifs is 1. The van der Waals surface area contributed by atoms with Crippen LogP contribution in [0.3, 0.4) is 0 Å². The molecular formula is C13H10N4O4. The number of carbonyl (C=O) groups is 2. The minimum atomic E-state index is -0.862. The van der Waals surface area contributed by atoms with Crippen molar-refractivity contribution in [3.8, 4) is 11.5 Å². The van der Waals surface area contributed by atoms with Crippen LogP contribution in [0.1, 0.15) is 0 Å². The number of ether oxygens (including phenoxy) is 2. The second kappa shape index (κ2) is 5.45. The Bertz CT molecular complexity index is 690. The average Bonchev–Trinajstić information content (AvgIpc) is 2.95. The Hall–Kier alpha value is -3.16. The fraction of sp³-hybridized carbons (Fsp3) is 0.0769. The minimum absolute atomic E-state index is 0.0586. The Morgan fingerprint density at radius 2 is 1.71 bits per heavy atom. The van der Waals surface area contributed by atoms with E-state index in [1.165, 1.54) is 12.4 Å². The Kier molecular flexibility index (Phi) is 3.34. The van der Waals surface area contributed by atoms with Gasteiger partial charge in [0, 0.05) is 24.1 Å². The van der Waals surface area contributed by atoms with E-state index in [-0.39, 0.29) is 12.7 Å². The van der Waals surface area contributed by atoms with Crippen molar-refractivity contribution in [3.63, 3.8) is 0 Å². The zero-order valence-corrected chi connectivity index (χ0v) is 10.7. The highest BCUT2D eigenvalue weighted by atomic mass is 16.7. The van der Waals surface area contributed by atoms with E-state index in [1.807, 2.05) is 0 Å². The molecule has 1 aromatic heterocycles. The topological polar surface area (TPSA) is 102 Å². The fourth-order valence-corrected chi connectivity index (χ4v) is 1.68. The Balaban J connectivity index is 1.64. The van der Waals surface area contributed by atoms with Crippen LogP contribution in [-0.4, -0.2) is 28.6 Å². The molecule has 0 spiro atoms. The average molecular weight is 286 g/mol. The minimum Gasteiger partial charge on any atom is -0.454 e. The molecule has 21 heavy (non-hydrogen) atoms. The van der Waals surface area contributed by atoms with E-state index in [1.54, 1.807) is 24.3 Å². The Morgan fingerprint density at radius 1 is 1.00 bits per heavy atom. The van der Waals surface area contributed by atoms with Gasteiger partial charge in [0.05, 0.1) is 0 Å². The van der Waals surface area contributed by atoms with Crippen LogP contribution in [0.2, 0.25) is 0 Å². The summed E-state index contributed by atoms with van der Waals surface area (Å²) in [4.78, 5) is 31.0. The van der Waals surface area contributed by atoms with Crippen molar-refractivity contribution < 1.29 is 19.1 Å². The number of nitrogens with one attached hydrogen (secondary N) is 2. The van der Waals surface area contributed by atoms with Crippen molar-refractivity contribution in [2.24, 2.45) is 0 Å². The third-order valence-electron chi connectivity index (χ3n) is 2.63. The molecule has 1 aromatic carbocycles. The van der Waals surface area contributed by atoms with E-state index in [2.05, 4.69) is 20.6 Å². The SMILES string of the molecule is O=C(Nc1ccc2c(c1)OCO2)C(=O)Nc1ncccn1. The molecule has 0 bridgehead atoms. The molecule has 106 valence electrons. The van der Waals surface area contributed by atoms with Crippen molar-refractivity contribution in [3.05, 3.63) is 36.7 Å². The molecule has 0 saturated carbocycles. The molecule has 0 aliphatic carbocycles. The second-order valence-corrected chi connectivity index (χ2v) is 4.05. The first-order chi connectivity index (χ1) is 10.2. The third-order valence-corrected chi connectivity index (χ3v) is 2.63. The van der Waals surface area contributed by atoms with Crippen LogP contribution in [0.15, 0.2) is 36.7 Å². The predicted octanol–water partition coefficient (Wildman–Crippen LogP) is 0.782. The molecule has 0 saturated heterocycles. The Labute approximate surface area is 119 Å². The van der Waals surface area contributed by atoms with Crippen molar-refractivity contribution in [1.82, 2.24) is 9.97 Å². The van der Waals surface area contributed by atoms with Gasteiger partial charge in [-0.15, -0.1) is 0 Å². The lowest BCUT2D eigenvalue weighted by atomic mass is 10.2. The standard InChI is InChI=1S/C13H10N4O4/c18-11(12(19)17-13-14-4-1-5-15-13)16-8-2-3-9-10(6-8)21-7-20-9/h1-6H,7H2,(H,16,18)(H,14,15,17,19). The molecular weight excluding hydrogens is 276 g/mol. The van der Waals surface area contributed by atoms with Gasteiger partial charge in [-0.05, 0) is 18.2 Å². The maximum atomic E-state index is 11.8. The molecule has 1 aliphatic rings. The van der Waals surface area contributed by atoms with Gasteiger partial charge in [-0.3, -0.25) is 14.9 Å². The summed E-state index contributed by atoms with van der Waals surface area (Å²) in [5.74, 6) is -0.529. The number of anilines is 2. The van der Waals surface area contributed by atoms with Crippen molar-refractivity contribution in [2.45, 2.75) is 0 Å². The quantitative estimate of drug-likeness (QED) is 0.791. The lowest BCUT2D eigenvalue weighted by molar-refractivity contribution is -0.133. The van der Waals surface area contributed by atoms with Crippen LogP contribution in [0.5, 0.6) is 11.5 Å². The summed E-state index contributed by atoms with van der Waals surface area (Å²) >= 11 is 0. The number of nitrogens with zero attached hydrogens (tertiary/aromatic N) is 2. The molecule has 0 unspecified atom stereocenters. The van der Waals surface area contributed by atoms with E-state index in [4.69, 9.17) is 9.47 Å². The van der Waals surface area contributed by atoms with Gasteiger partial charge in [0.2, 0.25) is 12.7 Å². The molecule has 2 amide bonds. The molecule has 2 N–H and O–H groups in total. The molecule has 1 aliphatic heterocycles. The second-order valence-electron chi connectivity index (χ2n) is 4.05. The molecule has 8 nitrogen and oxygen atoms in total. The van der Waals surface area contributed by atoms with Gasteiger partial charge in [-0.1, -0.05) is 0 Å². The first-order valence-electron chi connectivity index (χ1n) is 6.01. The van der Waals surface area contributed by atoms with Gasteiger partial charge >= 0.3 is 11.8 Å². The number of carbonyl (C=O) groups excluding carboxylic acids is 2. The van der Waals surface area contributed by atoms with Crippen molar-refractivity contribution in [2.75, 3.05) is 17.4 Å². The number of amides is 2. The molecule has 8 heteroatoms. The number of hydrogen-bond acceptors (Lipinski definition) is 6. The van der Waals surface area contributed by atoms with Gasteiger partial charge in [0.25, 0.3) is 0 Å². The molecule has 0 atom stereocenters. The zero-order chi connectivity index (χ0) is 14.7. The van der Waals surface area contributed by atoms with Crippen LogP contribution in [0.25, 0.3) is 0 Å². The number of aromatic nitrogens is 2. The molecule has 2 heterocycles. The maximum Gasteiger partial charge on any atom is 0.316 e. The van der Waals surface area contributed by atoms with Crippen LogP contribution >= 0.6 is 0 Å². The predicted molar refractivity (Wildman–Crippen MR) is 71.9 cm³/mol. The summed E-state index contributed by atoms with van der Waals surface area (Å²) in [6.45, 7) is 0.137. The van der Waals surface area contributed by atoms with E-state index < -0.39 is 11.8 Å². The van der Waals surface area contributed by atoms with Crippen LogP contribution in [0, 0.1) is 0 Å². The van der Waals surface area contributed by atoms with Gasteiger partial charge in [-0.25, -0.2) is 9.97 Å². The number of benzene rings is 1. The first-order valence-corrected chi connectivity index (χ1v) is 6.01. The normalized spacial score (nSPS) is 11.8. The fourth-order valence-electron chi connectivity index (χ4n) is 1.68. The highest BCUT2D eigenvalue weighted by Crippen LogP contribution is 2.34. The molecule has 0 fully saturated rings. The largest absolute Gasteiger partial charge is 0.454 e. The van der Waals surface area contributed by atoms with E-state index >= 15 is 0 Å². The highest BCUT2D eigenvalue weighted by molar-refractivity contribution is 6.43. The summed E-state index contributed by atoms with van der Waals surface area (Å²) < 4.78 is 10.3. The van der Waals surface area contributed by atoms with Crippen molar-refractivity contribution in [1.29, 1.82) is 0 Å². The van der Waals surface area contributed by atoms with Gasteiger partial charge in [-0.2, -0.15) is 0 Å². The summed E-state index contributed by atoms with van der Waals surface area (Å²) in [6.07, 6.45) is 2.91. The van der Waals surface area contributed by atoms with Gasteiger partial charge in [0.15, 0.2) is 11.5 Å². The summed E-state index contributed by atoms with van der Waals surface area (Å²) in [5.41, 5.74) is 0.424. The third kappa shape index (κ3) is 2.89. The maximum absolute atomic E-state index is 11.8. The molecule has 2 aromatic rings. The van der Waals surface area contributed by atoms with Gasteiger partial charge < -0.3 is 14.8 Å². The van der Waals surface area contributed by atoms with E-state index in [0.717, 1.165) is 0 Å². The van der Waals surface area contributed by atoms with Crippen LogP contribution in [0.4, 0.5) is 11.6 Å².